The lowest BCUT2D eigenvalue weighted by Crippen LogP contribution is -2.60. The fourth-order valence-corrected chi connectivity index (χ4v) is 6.38. The molecule has 4 amide bonds. The Morgan fingerprint density at radius 1 is 0.844 bits per heavy atom. The quantitative estimate of drug-likeness (QED) is 0.345. The highest BCUT2D eigenvalue weighted by Gasteiger charge is 2.45. The number of hydrogen-bond donors (Lipinski definition) is 3. The third-order valence-electron chi connectivity index (χ3n) is 8.97. The number of nitrogens with zero attached hydrogens (tertiary/aromatic N) is 2. The van der Waals surface area contributed by atoms with Gasteiger partial charge < -0.3 is 25.8 Å². The highest BCUT2D eigenvalue weighted by Crippen LogP contribution is 2.31. The second-order valence-electron chi connectivity index (χ2n) is 12.0. The van der Waals surface area contributed by atoms with Crippen molar-refractivity contribution in [3.63, 3.8) is 0 Å². The SMILES string of the molecule is CN[C@@H](C)C(=O)N[C@H]1CN(C(=O)Cc2ccccc2)CCC[C@H]2CCC(C(=O)NC(c3ccccc3)c3ccccc3)N2C1=O. The van der Waals surface area contributed by atoms with Crippen LogP contribution in [0.2, 0.25) is 0 Å². The normalized spacial score (nSPS) is 20.9. The van der Waals surface area contributed by atoms with Crippen LogP contribution in [0.4, 0.5) is 0 Å². The van der Waals surface area contributed by atoms with Gasteiger partial charge in [0, 0.05) is 19.1 Å². The van der Waals surface area contributed by atoms with Gasteiger partial charge in [0.1, 0.15) is 12.1 Å². The smallest absolute Gasteiger partial charge is 0.247 e. The molecular weight excluding hydrogens is 566 g/mol. The molecule has 1 unspecified atom stereocenters. The first-order valence-electron chi connectivity index (χ1n) is 15.9. The van der Waals surface area contributed by atoms with Crippen LogP contribution >= 0.6 is 0 Å². The molecule has 0 aliphatic carbocycles. The molecule has 0 spiro atoms. The van der Waals surface area contributed by atoms with Gasteiger partial charge in [0.25, 0.3) is 0 Å². The van der Waals surface area contributed by atoms with E-state index in [-0.39, 0.29) is 48.7 Å². The number of likely N-dealkylation sites (N-methyl/N-ethyl adjacent to an activating group) is 1. The van der Waals surface area contributed by atoms with Crippen LogP contribution in [0.15, 0.2) is 91.0 Å². The van der Waals surface area contributed by atoms with E-state index in [9.17, 15) is 19.2 Å². The molecule has 2 heterocycles. The van der Waals surface area contributed by atoms with Crippen molar-refractivity contribution in [3.05, 3.63) is 108 Å². The summed E-state index contributed by atoms with van der Waals surface area (Å²) in [5, 5.41) is 9.07. The Labute approximate surface area is 265 Å². The summed E-state index contributed by atoms with van der Waals surface area (Å²) in [5.41, 5.74) is 2.78. The minimum atomic E-state index is -0.985. The third kappa shape index (κ3) is 7.78. The van der Waals surface area contributed by atoms with Gasteiger partial charge in [-0.05, 0) is 56.3 Å². The monoisotopic (exact) mass is 609 g/mol. The average Bonchev–Trinajstić information content (AvgIpc) is 3.52. The third-order valence-corrected chi connectivity index (χ3v) is 8.97. The fourth-order valence-electron chi connectivity index (χ4n) is 6.38. The van der Waals surface area contributed by atoms with E-state index in [0.717, 1.165) is 16.7 Å². The topological polar surface area (TPSA) is 111 Å². The van der Waals surface area contributed by atoms with Crippen LogP contribution < -0.4 is 16.0 Å². The van der Waals surface area contributed by atoms with Gasteiger partial charge in [0.2, 0.25) is 23.6 Å². The predicted octanol–water partition coefficient (Wildman–Crippen LogP) is 3.21. The van der Waals surface area contributed by atoms with Crippen molar-refractivity contribution >= 4 is 23.6 Å². The Morgan fingerprint density at radius 2 is 1.44 bits per heavy atom. The van der Waals surface area contributed by atoms with Crippen molar-refractivity contribution in [1.82, 2.24) is 25.8 Å². The Balaban J connectivity index is 1.40. The molecular formula is C36H43N5O4. The van der Waals surface area contributed by atoms with Crippen molar-refractivity contribution in [2.45, 2.75) is 69.2 Å². The van der Waals surface area contributed by atoms with Crippen LogP contribution in [0.25, 0.3) is 0 Å². The number of fused-ring (bicyclic) bond motifs is 1. The average molecular weight is 610 g/mol. The molecule has 0 radical (unpaired) electrons. The van der Waals surface area contributed by atoms with Crippen molar-refractivity contribution in [3.8, 4) is 0 Å². The Kier molecular flexibility index (Phi) is 10.6. The molecule has 3 N–H and O–H groups in total. The molecule has 0 saturated carbocycles. The number of amides is 4. The lowest BCUT2D eigenvalue weighted by molar-refractivity contribution is -0.144. The molecule has 45 heavy (non-hydrogen) atoms. The molecule has 9 heteroatoms. The molecule has 3 aromatic rings. The predicted molar refractivity (Wildman–Crippen MR) is 173 cm³/mol. The van der Waals surface area contributed by atoms with Crippen molar-refractivity contribution in [1.29, 1.82) is 0 Å². The van der Waals surface area contributed by atoms with E-state index in [4.69, 9.17) is 0 Å². The number of rotatable bonds is 9. The minimum absolute atomic E-state index is 0.0425. The summed E-state index contributed by atoms with van der Waals surface area (Å²) in [5.74, 6) is -0.992. The first-order valence-corrected chi connectivity index (χ1v) is 15.9. The fraction of sp³-hybridized carbons (Fsp3) is 0.389. The van der Waals surface area contributed by atoms with E-state index in [1.165, 1.54) is 0 Å². The van der Waals surface area contributed by atoms with E-state index in [1.54, 1.807) is 23.8 Å². The van der Waals surface area contributed by atoms with E-state index in [0.29, 0.717) is 32.2 Å². The number of nitrogens with one attached hydrogen (secondary N) is 3. The van der Waals surface area contributed by atoms with Crippen LogP contribution in [-0.2, 0) is 25.6 Å². The van der Waals surface area contributed by atoms with Crippen molar-refractivity contribution < 1.29 is 19.2 Å². The summed E-state index contributed by atoms with van der Waals surface area (Å²) in [6, 6.07) is 26.3. The summed E-state index contributed by atoms with van der Waals surface area (Å²) in [6.45, 7) is 2.23. The lowest BCUT2D eigenvalue weighted by atomic mass is 9.98. The van der Waals surface area contributed by atoms with Crippen LogP contribution in [0.3, 0.4) is 0 Å². The summed E-state index contributed by atoms with van der Waals surface area (Å²) in [6.07, 6.45) is 2.77. The van der Waals surface area contributed by atoms with Gasteiger partial charge in [-0.2, -0.15) is 0 Å². The summed E-state index contributed by atoms with van der Waals surface area (Å²) in [4.78, 5) is 58.5. The largest absolute Gasteiger partial charge is 0.343 e. The highest BCUT2D eigenvalue weighted by molar-refractivity contribution is 5.94. The van der Waals surface area contributed by atoms with Crippen LogP contribution in [-0.4, -0.2) is 77.7 Å². The van der Waals surface area contributed by atoms with E-state index >= 15 is 0 Å². The molecule has 2 saturated heterocycles. The number of benzene rings is 3. The Morgan fingerprint density at radius 3 is 2.04 bits per heavy atom. The van der Waals surface area contributed by atoms with Gasteiger partial charge in [-0.3, -0.25) is 19.2 Å². The second kappa shape index (κ2) is 15.0. The second-order valence-corrected chi connectivity index (χ2v) is 12.0. The van der Waals surface area contributed by atoms with Crippen LogP contribution in [0.1, 0.15) is 55.3 Å². The highest BCUT2D eigenvalue weighted by atomic mass is 16.2. The summed E-state index contributed by atoms with van der Waals surface area (Å²) in [7, 11) is 1.68. The first-order chi connectivity index (χ1) is 21.9. The molecule has 9 nitrogen and oxygen atoms in total. The molecule has 2 aliphatic heterocycles. The van der Waals surface area contributed by atoms with Crippen molar-refractivity contribution in [2.75, 3.05) is 20.1 Å². The zero-order valence-electron chi connectivity index (χ0n) is 26.0. The van der Waals surface area contributed by atoms with Gasteiger partial charge in [-0.25, -0.2) is 0 Å². The molecule has 5 rings (SSSR count). The van der Waals surface area contributed by atoms with Crippen LogP contribution in [0, 0.1) is 0 Å². The molecule has 236 valence electrons. The standard InChI is InChI=1S/C36H43N5O4/c1-25(37-2)34(43)38-30-24-40(32(42)23-26-13-6-3-7-14-26)22-12-19-29-20-21-31(41(29)36(30)45)35(44)39-33(27-15-8-4-9-16-27)28-17-10-5-11-18-28/h3-11,13-18,25,29-31,33,37H,12,19-24H2,1-2H3,(H,38,43)(H,39,44)/t25-,29-,30-,31?/m0/s1. The Hall–Kier alpha value is -4.50. The van der Waals surface area contributed by atoms with Gasteiger partial charge in [-0.1, -0.05) is 91.0 Å². The molecule has 3 aromatic carbocycles. The molecule has 0 bridgehead atoms. The molecule has 0 aromatic heterocycles. The first kappa shape index (κ1) is 31.9. The maximum absolute atomic E-state index is 14.4. The molecule has 4 atom stereocenters. The van der Waals surface area contributed by atoms with E-state index in [2.05, 4.69) is 16.0 Å². The van der Waals surface area contributed by atoms with Gasteiger partial charge >= 0.3 is 0 Å². The number of carbonyl (C=O) groups is 4. The van der Waals surface area contributed by atoms with Crippen molar-refractivity contribution in [2.24, 2.45) is 0 Å². The molecule has 2 aliphatic rings. The molecule has 2 fully saturated rings. The Bertz CT molecular complexity index is 1410. The number of carbonyl (C=O) groups excluding carboxylic acids is 4. The zero-order chi connectivity index (χ0) is 31.8. The van der Waals surface area contributed by atoms with Gasteiger partial charge in [0.15, 0.2) is 0 Å². The zero-order valence-corrected chi connectivity index (χ0v) is 26.0. The number of hydrogen-bond acceptors (Lipinski definition) is 5. The van der Waals surface area contributed by atoms with E-state index < -0.39 is 18.1 Å². The minimum Gasteiger partial charge on any atom is -0.343 e. The van der Waals surface area contributed by atoms with Gasteiger partial charge in [-0.15, -0.1) is 0 Å². The summed E-state index contributed by atoms with van der Waals surface area (Å²) < 4.78 is 0. The van der Waals surface area contributed by atoms with E-state index in [1.807, 2.05) is 91.0 Å². The summed E-state index contributed by atoms with van der Waals surface area (Å²) >= 11 is 0. The lowest BCUT2D eigenvalue weighted by Gasteiger charge is -2.34. The maximum Gasteiger partial charge on any atom is 0.247 e. The maximum atomic E-state index is 14.4. The van der Waals surface area contributed by atoms with Gasteiger partial charge in [0.05, 0.1) is 18.5 Å². The van der Waals surface area contributed by atoms with Crippen LogP contribution in [0.5, 0.6) is 0 Å².